The Kier molecular flexibility index (Phi) is 48.2. The molecule has 0 radical (unpaired) electrons. The van der Waals surface area contributed by atoms with Gasteiger partial charge in [-0.2, -0.15) is 13.8 Å². The molecule has 0 aromatic heterocycles. The van der Waals surface area contributed by atoms with Crippen molar-refractivity contribution in [2.75, 3.05) is 0 Å². The summed E-state index contributed by atoms with van der Waals surface area (Å²) in [5.41, 5.74) is 0. The molecule has 0 aromatic carbocycles. The first-order chi connectivity index (χ1) is 3.73. The van der Waals surface area contributed by atoms with Crippen molar-refractivity contribution in [1.82, 2.24) is 0 Å². The third-order valence-electron chi connectivity index (χ3n) is 0. The van der Waals surface area contributed by atoms with Crippen LogP contribution in [-0.4, -0.2) is 0 Å². The van der Waals surface area contributed by atoms with Crippen molar-refractivity contribution >= 4 is 29.5 Å². The second-order valence-corrected chi connectivity index (χ2v) is 10.9. The summed E-state index contributed by atoms with van der Waals surface area (Å²) in [6.45, 7) is 10.0. The predicted octanol–water partition coefficient (Wildman–Crippen LogP) is 3.62. The van der Waals surface area contributed by atoms with Crippen molar-refractivity contribution in [1.29, 1.82) is 0 Å². The third kappa shape index (κ3) is 163. The third-order valence-corrected chi connectivity index (χ3v) is 0. The summed E-state index contributed by atoms with van der Waals surface area (Å²) >= 11 is -1.61. The molecule has 0 N–H and O–H groups in total. The van der Waals surface area contributed by atoms with Crippen LogP contribution < -0.4 is 0 Å². The van der Waals surface area contributed by atoms with Crippen molar-refractivity contribution < 1.29 is 11.9 Å². The van der Waals surface area contributed by atoms with E-state index in [0.29, 0.717) is 0 Å². The molecule has 0 unspecified atom stereocenters. The minimum atomic E-state index is -1.61. The number of hydrogen-bond donors (Lipinski definition) is 0. The maximum atomic E-state index is 4.42. The van der Waals surface area contributed by atoms with Gasteiger partial charge in [0.1, 0.15) is 0 Å². The van der Waals surface area contributed by atoms with E-state index in [0.717, 1.165) is 0 Å². The molecule has 8 heavy (non-hydrogen) atoms. The zero-order chi connectivity index (χ0) is 7.58. The minimum absolute atomic E-state index is 1.61. The molecule has 0 aliphatic rings. The van der Waals surface area contributed by atoms with Gasteiger partial charge in [0, 0.05) is 0 Å². The molecule has 52 valence electrons. The van der Waals surface area contributed by atoms with E-state index in [1.165, 1.54) is 0 Å². The Bertz CT molecular complexity index is 80.7. The van der Waals surface area contributed by atoms with E-state index in [1.807, 2.05) is 0 Å². The quantitative estimate of drug-likeness (QED) is 0.476. The summed E-state index contributed by atoms with van der Waals surface area (Å²) in [5.74, 6) is 0. The second kappa shape index (κ2) is 23.8. The Labute approximate surface area is 68.6 Å². The van der Waals surface area contributed by atoms with Crippen LogP contribution in [0.3, 0.4) is 0 Å². The van der Waals surface area contributed by atoms with Gasteiger partial charge < -0.3 is 13.8 Å². The fourth-order valence-corrected chi connectivity index (χ4v) is 0. The second-order valence-electron chi connectivity index (χ2n) is 0.204. The van der Waals surface area contributed by atoms with E-state index in [9.17, 15) is 0 Å². The van der Waals surface area contributed by atoms with Gasteiger partial charge in [0.15, 0.2) is 0 Å². The first-order valence-electron chi connectivity index (χ1n) is 1.91. The van der Waals surface area contributed by atoms with Gasteiger partial charge in [0.2, 0.25) is 0 Å². The van der Waals surface area contributed by atoms with Crippen molar-refractivity contribution in [2.45, 2.75) is 13.8 Å². The van der Waals surface area contributed by atoms with Crippen molar-refractivity contribution in [3.8, 4) is 0 Å². The van der Waals surface area contributed by atoms with Crippen molar-refractivity contribution in [2.24, 2.45) is 0 Å². The molecule has 0 rings (SSSR count). The molecule has 0 aromatic rings. The number of hydrogen-bond acceptors (Lipinski definition) is 3. The topological polar surface area (TPSA) is 0 Å². The molecule has 0 saturated carbocycles. The van der Waals surface area contributed by atoms with Crippen LogP contribution in [0.4, 0.5) is 0 Å². The van der Waals surface area contributed by atoms with Crippen LogP contribution in [0.1, 0.15) is 13.8 Å². The Hall–Kier alpha value is 1.35. The van der Waals surface area contributed by atoms with Gasteiger partial charge in [-0.15, -0.1) is 0 Å². The Morgan fingerprint density at radius 2 is 0.875 bits per heavy atom. The summed E-state index contributed by atoms with van der Waals surface area (Å²) in [6.07, 6.45) is 0. The summed E-state index contributed by atoms with van der Waals surface area (Å²) in [4.78, 5) is 0. The molecule has 0 aliphatic carbocycles. The van der Waals surface area contributed by atoms with Crippen LogP contribution >= 0.6 is 29.5 Å². The van der Waals surface area contributed by atoms with Crippen LogP contribution in [0.25, 0.3) is 0 Å². The molecule has 4 heteroatoms. The van der Waals surface area contributed by atoms with Crippen LogP contribution in [0, 0.1) is 13.8 Å². The molecule has 0 aliphatic heterocycles. The molecular formula is C4H10MoS3-2. The van der Waals surface area contributed by atoms with Gasteiger partial charge in [0.25, 0.3) is 0 Å². The molecular weight excluding hydrogens is 240 g/mol. The van der Waals surface area contributed by atoms with Crippen LogP contribution in [0.5, 0.6) is 0 Å². The first kappa shape index (κ1) is 16.2. The molecule has 0 heterocycles. The molecule has 0 amide bonds. The molecule has 0 bridgehead atoms. The zero-order valence-electron chi connectivity index (χ0n) is 5.05. The fraction of sp³-hybridized carbons (Fsp3) is 0.500. The van der Waals surface area contributed by atoms with E-state index in [4.69, 9.17) is 0 Å². The van der Waals surface area contributed by atoms with E-state index < -0.39 is 11.9 Å². The van der Waals surface area contributed by atoms with Gasteiger partial charge in [0.05, 0.1) is 0 Å². The van der Waals surface area contributed by atoms with Gasteiger partial charge in [-0.1, -0.05) is 0 Å². The molecule has 0 spiro atoms. The summed E-state index contributed by atoms with van der Waals surface area (Å²) in [5, 5.41) is 0. The van der Waals surface area contributed by atoms with E-state index in [-0.39, 0.29) is 0 Å². The summed E-state index contributed by atoms with van der Waals surface area (Å²) in [7, 11) is 13.3. The van der Waals surface area contributed by atoms with Gasteiger partial charge in [-0.25, -0.2) is 0 Å². The first-order valence-corrected chi connectivity index (χ1v) is 10.3. The normalized spacial score (nSPS) is 4.50. The Morgan fingerprint density at radius 1 is 0.875 bits per heavy atom. The number of rotatable bonds is 0. The Morgan fingerprint density at radius 3 is 0.875 bits per heavy atom. The fourth-order valence-electron chi connectivity index (χ4n) is 0. The average Bonchev–Trinajstić information content (AvgIpc) is 1.75. The molecule has 0 nitrogen and oxygen atoms in total. The molecule has 0 atom stereocenters. The van der Waals surface area contributed by atoms with Gasteiger partial charge in [-0.05, 0) is 0 Å². The van der Waals surface area contributed by atoms with E-state index in [2.05, 4.69) is 43.3 Å². The average molecular weight is 250 g/mol. The SMILES string of the molecule is [CH2-]C.[CH2-]C.[S]=[Mo](=[S])=[S]. The van der Waals surface area contributed by atoms with Crippen LogP contribution in [0.2, 0.25) is 0 Å². The zero-order valence-corrected chi connectivity index (χ0v) is 9.50. The van der Waals surface area contributed by atoms with Gasteiger partial charge in [-0.3, -0.25) is 0 Å². The maximum absolute atomic E-state index is 4.42. The van der Waals surface area contributed by atoms with Crippen LogP contribution in [0.15, 0.2) is 0 Å². The summed E-state index contributed by atoms with van der Waals surface area (Å²) in [6, 6.07) is 0. The van der Waals surface area contributed by atoms with E-state index >= 15 is 0 Å². The predicted molar refractivity (Wildman–Crippen MR) is 44.8 cm³/mol. The Balaban J connectivity index is -0.0000000542. The monoisotopic (exact) mass is 252 g/mol. The van der Waals surface area contributed by atoms with E-state index in [1.54, 1.807) is 13.8 Å². The van der Waals surface area contributed by atoms with Crippen molar-refractivity contribution in [3.05, 3.63) is 13.8 Å². The van der Waals surface area contributed by atoms with Gasteiger partial charge >= 0.3 is 41.3 Å². The standard InChI is InChI=1S/2C2H5.Mo.3S/c2*1-2;;;;/h2*1H2,2H3;;;;/q2*-1;;;;. The summed E-state index contributed by atoms with van der Waals surface area (Å²) < 4.78 is 0. The van der Waals surface area contributed by atoms with Crippen LogP contribution in [-0.2, 0) is 11.9 Å². The van der Waals surface area contributed by atoms with Crippen molar-refractivity contribution in [3.63, 3.8) is 0 Å². The molecule has 0 fully saturated rings. The molecule has 0 saturated heterocycles.